The van der Waals surface area contributed by atoms with Crippen LogP contribution in [0.3, 0.4) is 0 Å². The summed E-state index contributed by atoms with van der Waals surface area (Å²) in [6, 6.07) is 9.65. The minimum Gasteiger partial charge on any atom is -0.481 e. The van der Waals surface area contributed by atoms with Gasteiger partial charge in [0.2, 0.25) is 0 Å². The second kappa shape index (κ2) is 7.11. The van der Waals surface area contributed by atoms with E-state index < -0.39 is 5.97 Å². The van der Waals surface area contributed by atoms with Crippen LogP contribution in [0.5, 0.6) is 0 Å². The lowest BCUT2D eigenvalue weighted by Crippen LogP contribution is -2.42. The molecule has 1 N–H and O–H groups in total. The van der Waals surface area contributed by atoms with Gasteiger partial charge in [-0.1, -0.05) is 18.2 Å². The van der Waals surface area contributed by atoms with Crippen molar-refractivity contribution in [3.63, 3.8) is 0 Å². The first-order valence-electron chi connectivity index (χ1n) is 7.45. The third-order valence-electron chi connectivity index (χ3n) is 3.94. The normalized spacial score (nSPS) is 17.8. The van der Waals surface area contributed by atoms with Crippen molar-refractivity contribution in [3.8, 4) is 0 Å². The Labute approximate surface area is 125 Å². The summed E-state index contributed by atoms with van der Waals surface area (Å²) in [7, 11) is 0. The average molecular weight is 290 g/mol. The van der Waals surface area contributed by atoms with Crippen LogP contribution in [0.25, 0.3) is 0 Å². The zero-order valence-corrected chi connectivity index (χ0v) is 12.4. The number of likely N-dealkylation sites (tertiary alicyclic amines) is 1. The molecule has 1 atom stereocenters. The van der Waals surface area contributed by atoms with Crippen molar-refractivity contribution in [1.29, 1.82) is 0 Å². The number of urea groups is 1. The highest BCUT2D eigenvalue weighted by atomic mass is 16.4. The van der Waals surface area contributed by atoms with Gasteiger partial charge in [0.15, 0.2) is 0 Å². The summed E-state index contributed by atoms with van der Waals surface area (Å²) in [6.07, 6.45) is 1.73. The van der Waals surface area contributed by atoms with Crippen LogP contribution in [0, 0.1) is 5.92 Å². The molecule has 1 saturated heterocycles. The fraction of sp³-hybridized carbons (Fsp3) is 0.500. The lowest BCUT2D eigenvalue weighted by molar-refractivity contribution is -0.137. The van der Waals surface area contributed by atoms with Gasteiger partial charge in [0.1, 0.15) is 0 Å². The van der Waals surface area contributed by atoms with E-state index in [0.717, 1.165) is 12.1 Å². The van der Waals surface area contributed by atoms with E-state index in [1.54, 1.807) is 4.90 Å². The number of para-hydroxylation sites is 1. The van der Waals surface area contributed by atoms with Crippen LogP contribution in [-0.4, -0.2) is 41.6 Å². The molecule has 1 aromatic carbocycles. The van der Waals surface area contributed by atoms with Crippen LogP contribution in [-0.2, 0) is 4.79 Å². The molecule has 0 bridgehead atoms. The van der Waals surface area contributed by atoms with Gasteiger partial charge >= 0.3 is 12.0 Å². The Balaban J connectivity index is 1.95. The Kier molecular flexibility index (Phi) is 5.20. The highest BCUT2D eigenvalue weighted by Crippen LogP contribution is 2.24. The van der Waals surface area contributed by atoms with E-state index in [0.29, 0.717) is 32.0 Å². The van der Waals surface area contributed by atoms with Gasteiger partial charge in [0.25, 0.3) is 0 Å². The molecule has 114 valence electrons. The molecule has 21 heavy (non-hydrogen) atoms. The fourth-order valence-corrected chi connectivity index (χ4v) is 2.78. The first-order chi connectivity index (χ1) is 10.1. The third kappa shape index (κ3) is 3.97. The molecule has 0 aliphatic carbocycles. The molecule has 1 aliphatic rings. The van der Waals surface area contributed by atoms with Crippen LogP contribution in [0.15, 0.2) is 30.3 Å². The molecule has 1 heterocycles. The number of hydrogen-bond acceptors (Lipinski definition) is 2. The monoisotopic (exact) mass is 290 g/mol. The molecule has 1 aromatic rings. The standard InChI is InChI=1S/C16H22N2O3/c1-2-18(14-6-4-3-5-7-14)16(21)17-11-10-13(12-17)8-9-15(19)20/h3-7,13H,2,8-12H2,1H3,(H,19,20). The molecule has 1 unspecified atom stereocenters. The van der Waals surface area contributed by atoms with Gasteiger partial charge in [-0.15, -0.1) is 0 Å². The maximum Gasteiger partial charge on any atom is 0.324 e. The molecule has 2 amide bonds. The molecule has 1 fully saturated rings. The summed E-state index contributed by atoms with van der Waals surface area (Å²) in [5, 5.41) is 8.74. The Hall–Kier alpha value is -2.04. The molecule has 0 aromatic heterocycles. The number of nitrogens with zero attached hydrogens (tertiary/aromatic N) is 2. The van der Waals surface area contributed by atoms with Crippen molar-refractivity contribution in [3.05, 3.63) is 30.3 Å². The SMILES string of the molecule is CCN(C(=O)N1CCC(CCC(=O)O)C1)c1ccccc1. The van der Waals surface area contributed by atoms with E-state index in [9.17, 15) is 9.59 Å². The average Bonchev–Trinajstić information content (AvgIpc) is 2.96. The van der Waals surface area contributed by atoms with Crippen LogP contribution < -0.4 is 4.90 Å². The Morgan fingerprint density at radius 2 is 2.05 bits per heavy atom. The van der Waals surface area contributed by atoms with E-state index in [1.807, 2.05) is 42.2 Å². The van der Waals surface area contributed by atoms with E-state index >= 15 is 0 Å². The van der Waals surface area contributed by atoms with Gasteiger partial charge in [0.05, 0.1) is 0 Å². The number of carboxylic acid groups (broad SMARTS) is 1. The summed E-state index contributed by atoms with van der Waals surface area (Å²) in [5.74, 6) is -0.459. The highest BCUT2D eigenvalue weighted by molar-refractivity contribution is 5.92. The Morgan fingerprint density at radius 3 is 2.67 bits per heavy atom. The van der Waals surface area contributed by atoms with Gasteiger partial charge in [-0.3, -0.25) is 9.69 Å². The number of amides is 2. The van der Waals surface area contributed by atoms with Crippen molar-refractivity contribution >= 4 is 17.7 Å². The maximum absolute atomic E-state index is 12.6. The number of anilines is 1. The fourth-order valence-electron chi connectivity index (χ4n) is 2.78. The van der Waals surface area contributed by atoms with Crippen molar-refractivity contribution in [2.24, 2.45) is 5.92 Å². The van der Waals surface area contributed by atoms with E-state index in [1.165, 1.54) is 0 Å². The zero-order valence-electron chi connectivity index (χ0n) is 12.4. The van der Waals surface area contributed by atoms with Crippen LogP contribution in [0.2, 0.25) is 0 Å². The first-order valence-corrected chi connectivity index (χ1v) is 7.45. The summed E-state index contributed by atoms with van der Waals surface area (Å²) < 4.78 is 0. The topological polar surface area (TPSA) is 60.9 Å². The molecular formula is C16H22N2O3. The van der Waals surface area contributed by atoms with Gasteiger partial charge < -0.3 is 10.0 Å². The molecule has 5 heteroatoms. The van der Waals surface area contributed by atoms with E-state index in [4.69, 9.17) is 5.11 Å². The predicted molar refractivity (Wildman–Crippen MR) is 81.4 cm³/mol. The maximum atomic E-state index is 12.6. The summed E-state index contributed by atoms with van der Waals surface area (Å²) in [5.41, 5.74) is 0.902. The second-order valence-electron chi connectivity index (χ2n) is 5.40. The van der Waals surface area contributed by atoms with Crippen LogP contribution in [0.4, 0.5) is 10.5 Å². The lowest BCUT2D eigenvalue weighted by Gasteiger charge is -2.27. The third-order valence-corrected chi connectivity index (χ3v) is 3.94. The lowest BCUT2D eigenvalue weighted by atomic mass is 10.0. The summed E-state index contributed by atoms with van der Waals surface area (Å²) >= 11 is 0. The predicted octanol–water partition coefficient (Wildman–Crippen LogP) is 2.82. The van der Waals surface area contributed by atoms with Gasteiger partial charge in [0, 0.05) is 31.7 Å². The van der Waals surface area contributed by atoms with Crippen molar-refractivity contribution in [2.45, 2.75) is 26.2 Å². The minimum absolute atomic E-state index is 0.0153. The van der Waals surface area contributed by atoms with Crippen LogP contribution in [0.1, 0.15) is 26.2 Å². The largest absolute Gasteiger partial charge is 0.481 e. The first kappa shape index (κ1) is 15.4. The molecular weight excluding hydrogens is 268 g/mol. The molecule has 0 saturated carbocycles. The van der Waals surface area contributed by atoms with Crippen LogP contribution >= 0.6 is 0 Å². The van der Waals surface area contributed by atoms with Crippen molar-refractivity contribution in [1.82, 2.24) is 4.90 Å². The molecule has 0 spiro atoms. The smallest absolute Gasteiger partial charge is 0.324 e. The number of hydrogen-bond donors (Lipinski definition) is 1. The molecule has 2 rings (SSSR count). The summed E-state index contributed by atoms with van der Waals surface area (Å²) in [4.78, 5) is 26.8. The van der Waals surface area contributed by atoms with E-state index in [-0.39, 0.29) is 12.5 Å². The highest BCUT2D eigenvalue weighted by Gasteiger charge is 2.29. The number of rotatable bonds is 5. The van der Waals surface area contributed by atoms with Gasteiger partial charge in [-0.25, -0.2) is 4.79 Å². The number of aliphatic carboxylic acids is 1. The molecule has 0 radical (unpaired) electrons. The molecule has 1 aliphatic heterocycles. The Bertz CT molecular complexity index is 490. The zero-order chi connectivity index (χ0) is 15.2. The summed E-state index contributed by atoms with van der Waals surface area (Å²) in [6.45, 7) is 3.96. The minimum atomic E-state index is -0.765. The van der Waals surface area contributed by atoms with E-state index in [2.05, 4.69) is 0 Å². The Morgan fingerprint density at radius 1 is 1.33 bits per heavy atom. The number of carbonyl (C=O) groups is 2. The number of carboxylic acids is 1. The second-order valence-corrected chi connectivity index (χ2v) is 5.40. The van der Waals surface area contributed by atoms with Crippen molar-refractivity contribution < 1.29 is 14.7 Å². The number of carbonyl (C=O) groups excluding carboxylic acids is 1. The quantitative estimate of drug-likeness (QED) is 0.907. The van der Waals surface area contributed by atoms with Gasteiger partial charge in [-0.05, 0) is 37.8 Å². The van der Waals surface area contributed by atoms with Crippen molar-refractivity contribution in [2.75, 3.05) is 24.5 Å². The number of benzene rings is 1. The van der Waals surface area contributed by atoms with Gasteiger partial charge in [-0.2, -0.15) is 0 Å². The molecule has 5 nitrogen and oxygen atoms in total.